The lowest BCUT2D eigenvalue weighted by Crippen LogP contribution is -3.21. The third-order valence-corrected chi connectivity index (χ3v) is 7.28. The van der Waals surface area contributed by atoms with Gasteiger partial charge in [0, 0.05) is 13.1 Å². The maximum atomic E-state index is 10.7. The average Bonchev–Trinajstić information content (AvgIpc) is 3.02. The Hall–Kier alpha value is 0.350. The number of aromatic carboxylic acids is 1. The van der Waals surface area contributed by atoms with Crippen LogP contribution < -0.4 is 20.6 Å². The Morgan fingerprint density at radius 2 is 1.59 bits per heavy atom. The molecule has 2 atom stereocenters. The van der Waals surface area contributed by atoms with Gasteiger partial charge in [-0.25, -0.2) is 0 Å². The Balaban J connectivity index is 0.000000425. The van der Waals surface area contributed by atoms with Gasteiger partial charge < -0.3 is 25.4 Å². The number of hydrogen-bond acceptors (Lipinski definition) is 6. The van der Waals surface area contributed by atoms with Crippen molar-refractivity contribution in [1.29, 1.82) is 0 Å². The van der Waals surface area contributed by atoms with Crippen molar-refractivity contribution in [1.82, 2.24) is 15.5 Å². The highest BCUT2D eigenvalue weighted by atomic mass is 35.6. The van der Waals surface area contributed by atoms with Crippen LogP contribution in [0, 0.1) is 0 Å². The van der Waals surface area contributed by atoms with Crippen LogP contribution in [0.15, 0.2) is 6.07 Å². The highest BCUT2D eigenvalue weighted by Gasteiger charge is 2.44. The van der Waals surface area contributed by atoms with Crippen molar-refractivity contribution in [2.45, 2.75) is 19.9 Å². The van der Waals surface area contributed by atoms with Gasteiger partial charge in [-0.3, -0.25) is 14.5 Å². The second kappa shape index (κ2) is 13.4. The molecular weight excluding hydrogens is 616 g/mol. The number of carboxylic acids is 1. The van der Waals surface area contributed by atoms with E-state index in [1.165, 1.54) is 6.07 Å². The predicted octanol–water partition coefficient (Wildman–Crippen LogP) is 1.49. The molecule has 32 heavy (non-hydrogen) atoms. The fourth-order valence-corrected chi connectivity index (χ4v) is 5.25. The summed E-state index contributed by atoms with van der Waals surface area (Å²) >= 11 is 47.1. The number of nitrogens with one attached hydrogen (secondary N) is 3. The molecule has 1 saturated heterocycles. The van der Waals surface area contributed by atoms with Gasteiger partial charge in [0.2, 0.25) is 22.8 Å². The van der Waals surface area contributed by atoms with Crippen LogP contribution in [0.5, 0.6) is 0 Å². The van der Waals surface area contributed by atoms with E-state index >= 15 is 0 Å². The largest absolute Gasteiger partial charge is 0.544 e. The van der Waals surface area contributed by atoms with Crippen LogP contribution in [-0.4, -0.2) is 69.8 Å². The van der Waals surface area contributed by atoms with Gasteiger partial charge in [-0.15, -0.1) is 11.3 Å². The van der Waals surface area contributed by atoms with Gasteiger partial charge in [-0.05, 0) is 6.07 Å². The van der Waals surface area contributed by atoms with Crippen LogP contribution in [-0.2, 0) is 9.59 Å². The molecule has 0 aliphatic carbocycles. The van der Waals surface area contributed by atoms with E-state index in [9.17, 15) is 19.5 Å². The summed E-state index contributed by atoms with van der Waals surface area (Å²) in [5.74, 6) is -1.25. The lowest BCUT2D eigenvalue weighted by molar-refractivity contribution is -0.931. The van der Waals surface area contributed by atoms with E-state index < -0.39 is 25.9 Å². The molecule has 1 aromatic rings. The summed E-state index contributed by atoms with van der Waals surface area (Å²) in [7, 11) is 0. The number of carbonyl (C=O) groups is 3. The number of piperazine rings is 1. The summed E-state index contributed by atoms with van der Waals surface area (Å²) in [4.78, 5) is 34.2. The second-order valence-corrected chi connectivity index (χ2v) is 13.0. The molecule has 3 N–H and O–H groups in total. The number of nitrogens with zero attached hydrogens (tertiary/aromatic N) is 1. The number of quaternary nitrogens is 1. The van der Waals surface area contributed by atoms with Crippen LogP contribution >= 0.6 is 104 Å². The number of rotatable bonds is 7. The molecule has 1 aromatic heterocycles. The zero-order valence-electron chi connectivity index (χ0n) is 15.7. The lowest BCUT2D eigenvalue weighted by Gasteiger charge is -2.42. The van der Waals surface area contributed by atoms with Crippen molar-refractivity contribution in [3.63, 3.8) is 0 Å². The molecular formula is C15H16Cl8N4O4S. The molecule has 2 heterocycles. The quantitative estimate of drug-likeness (QED) is 0.313. The Morgan fingerprint density at radius 3 is 1.91 bits per heavy atom. The first-order chi connectivity index (χ1) is 14.7. The normalized spacial score (nSPS) is 17.5. The number of alkyl halides is 6. The van der Waals surface area contributed by atoms with Gasteiger partial charge in [0.1, 0.15) is 10.5 Å². The Kier molecular flexibility index (Phi) is 12.8. The standard InChI is InChI=1S/C10H14Cl6N4O2.C5H2Cl2O2S/c11-9(12,13)7(17-5-21)19-1-2-20(4-3-19)8(18-6-22)10(14,15)16;6-2-1-3(5(8)9)10-4(2)7/h5-8H,1-4H2,(H,17,21)(H,18,22);1H,(H,8,9). The van der Waals surface area contributed by atoms with E-state index in [4.69, 9.17) is 92.8 Å². The Labute approximate surface area is 227 Å². The van der Waals surface area contributed by atoms with E-state index in [0.717, 1.165) is 16.2 Å². The summed E-state index contributed by atoms with van der Waals surface area (Å²) in [5, 5.41) is 15.4. The molecule has 2 rings (SSSR count). The van der Waals surface area contributed by atoms with E-state index in [-0.39, 0.29) is 14.2 Å². The molecule has 2 unspecified atom stereocenters. The second-order valence-electron chi connectivity index (χ2n) is 6.20. The third kappa shape index (κ3) is 9.54. The fourth-order valence-electron chi connectivity index (χ4n) is 2.79. The first-order valence-electron chi connectivity index (χ1n) is 8.50. The molecule has 0 spiro atoms. The summed E-state index contributed by atoms with van der Waals surface area (Å²) < 4.78 is -3.04. The zero-order chi connectivity index (χ0) is 24.7. The van der Waals surface area contributed by atoms with Crippen molar-refractivity contribution in [2.24, 2.45) is 0 Å². The molecule has 17 heteroatoms. The van der Waals surface area contributed by atoms with E-state index in [2.05, 4.69) is 10.6 Å². The molecule has 2 amide bonds. The van der Waals surface area contributed by atoms with Gasteiger partial charge in [0.05, 0.1) is 29.0 Å². The minimum absolute atomic E-state index is 0.0509. The van der Waals surface area contributed by atoms with Crippen LogP contribution in [0.1, 0.15) is 9.67 Å². The Bertz CT molecular complexity index is 725. The van der Waals surface area contributed by atoms with Crippen LogP contribution in [0.3, 0.4) is 0 Å². The molecule has 8 nitrogen and oxygen atoms in total. The molecule has 1 aliphatic rings. The smallest absolute Gasteiger partial charge is 0.262 e. The van der Waals surface area contributed by atoms with Gasteiger partial charge in [-0.1, -0.05) is 92.8 Å². The van der Waals surface area contributed by atoms with Crippen LogP contribution in [0.4, 0.5) is 0 Å². The molecule has 0 bridgehead atoms. The topological polar surface area (TPSA) is 106 Å². The number of amides is 2. The minimum atomic E-state index is -1.67. The van der Waals surface area contributed by atoms with Crippen LogP contribution in [0.2, 0.25) is 9.36 Å². The van der Waals surface area contributed by atoms with Crippen molar-refractivity contribution >= 4 is 123 Å². The summed E-state index contributed by atoms with van der Waals surface area (Å²) in [5.41, 5.74) is 0. The summed E-state index contributed by atoms with van der Waals surface area (Å²) in [6.45, 7) is 2.01. The fraction of sp³-hybridized carbons (Fsp3) is 0.533. The maximum absolute atomic E-state index is 10.7. The highest BCUT2D eigenvalue weighted by molar-refractivity contribution is 7.18. The number of carboxylic acid groups (broad SMARTS) is 1. The first kappa shape index (κ1) is 30.4. The van der Waals surface area contributed by atoms with Crippen molar-refractivity contribution in [2.75, 3.05) is 26.2 Å². The van der Waals surface area contributed by atoms with Gasteiger partial charge in [-0.2, -0.15) is 0 Å². The van der Waals surface area contributed by atoms with Gasteiger partial charge in [0.25, 0.3) is 3.79 Å². The molecule has 1 aliphatic heterocycles. The van der Waals surface area contributed by atoms with Crippen molar-refractivity contribution < 1.29 is 24.4 Å². The number of carbonyl (C=O) groups excluding carboxylic acids is 3. The zero-order valence-corrected chi connectivity index (χ0v) is 22.6. The maximum Gasteiger partial charge on any atom is 0.262 e. The SMILES string of the molecule is O=C([O-])c1cc(Cl)c(Cl)s1.O=CNC(N1CC[NH+](C(NC=O)C(Cl)(Cl)Cl)CC1)C(Cl)(Cl)Cl. The number of thiophene rings is 1. The predicted molar refractivity (Wildman–Crippen MR) is 127 cm³/mol. The van der Waals surface area contributed by atoms with E-state index in [0.29, 0.717) is 39.0 Å². The van der Waals surface area contributed by atoms with Crippen LogP contribution in [0.25, 0.3) is 0 Å². The monoisotopic (exact) mass is 628 g/mol. The first-order valence-corrected chi connectivity index (χ1v) is 12.3. The molecule has 0 saturated carbocycles. The number of hydrogen-bond donors (Lipinski definition) is 3. The minimum Gasteiger partial charge on any atom is -0.544 e. The lowest BCUT2D eigenvalue weighted by atomic mass is 10.2. The van der Waals surface area contributed by atoms with Gasteiger partial charge >= 0.3 is 0 Å². The Morgan fingerprint density at radius 1 is 1.06 bits per heavy atom. The molecule has 182 valence electrons. The van der Waals surface area contributed by atoms with Gasteiger partial charge in [0.15, 0.2) is 0 Å². The van der Waals surface area contributed by atoms with E-state index in [1.807, 2.05) is 0 Å². The molecule has 0 radical (unpaired) electrons. The van der Waals surface area contributed by atoms with Crippen molar-refractivity contribution in [3.8, 4) is 0 Å². The molecule has 1 fully saturated rings. The summed E-state index contributed by atoms with van der Waals surface area (Å²) in [6.07, 6.45) is -0.488. The van der Waals surface area contributed by atoms with Crippen molar-refractivity contribution in [3.05, 3.63) is 20.3 Å². The highest BCUT2D eigenvalue weighted by Crippen LogP contribution is 2.32. The number of halogens is 8. The van der Waals surface area contributed by atoms with E-state index in [1.54, 1.807) is 4.90 Å². The molecule has 0 aromatic carbocycles. The average molecular weight is 632 g/mol. The summed E-state index contributed by atoms with van der Waals surface area (Å²) in [6, 6.07) is 1.27. The third-order valence-electron chi connectivity index (χ3n) is 4.16.